The summed E-state index contributed by atoms with van der Waals surface area (Å²) in [7, 11) is 0. The zero-order valence-electron chi connectivity index (χ0n) is 8.96. The fraction of sp³-hybridized carbons (Fsp3) is 0.700. The Kier molecular flexibility index (Phi) is 2.61. The van der Waals surface area contributed by atoms with Gasteiger partial charge in [-0.15, -0.1) is 10.2 Å². The van der Waals surface area contributed by atoms with Gasteiger partial charge in [-0.25, -0.2) is 0 Å². The van der Waals surface area contributed by atoms with E-state index in [1.165, 1.54) is 43.4 Å². The van der Waals surface area contributed by atoms with Gasteiger partial charge in [-0.1, -0.05) is 30.6 Å². The Labute approximate surface area is 97.1 Å². The number of aliphatic hydroxyl groups is 1. The minimum Gasteiger partial charge on any atom is -0.389 e. The Bertz CT molecular complexity index is 486. The van der Waals surface area contributed by atoms with Gasteiger partial charge in [0.1, 0.15) is 5.01 Å². The quantitative estimate of drug-likeness (QED) is 0.865. The molecule has 86 valence electrons. The number of hydrogen-bond donors (Lipinski definition) is 1. The summed E-state index contributed by atoms with van der Waals surface area (Å²) in [6.45, 7) is -0.0157. The molecule has 0 aliphatic heterocycles. The molecule has 1 aliphatic rings. The standard InChI is InChI=1S/C10H14N4OS/c15-6-8-13-14-9(11-12-10(14)16-8)7-4-2-1-3-5-7/h7,15H,1-6H2. The summed E-state index contributed by atoms with van der Waals surface area (Å²) in [6, 6.07) is 0. The summed E-state index contributed by atoms with van der Waals surface area (Å²) in [5.41, 5.74) is 0. The van der Waals surface area contributed by atoms with Gasteiger partial charge >= 0.3 is 0 Å². The molecule has 0 saturated heterocycles. The van der Waals surface area contributed by atoms with Gasteiger partial charge in [0.2, 0.25) is 4.96 Å². The molecule has 2 aromatic rings. The largest absolute Gasteiger partial charge is 0.389 e. The minimum atomic E-state index is -0.0157. The molecule has 6 heteroatoms. The Morgan fingerprint density at radius 1 is 1.25 bits per heavy atom. The summed E-state index contributed by atoms with van der Waals surface area (Å²) in [5, 5.41) is 22.4. The Hall–Kier alpha value is -1.01. The van der Waals surface area contributed by atoms with E-state index in [1.54, 1.807) is 0 Å². The van der Waals surface area contributed by atoms with Gasteiger partial charge in [0, 0.05) is 5.92 Å². The zero-order chi connectivity index (χ0) is 11.0. The van der Waals surface area contributed by atoms with Crippen molar-refractivity contribution in [2.24, 2.45) is 0 Å². The van der Waals surface area contributed by atoms with Crippen LogP contribution in [0.4, 0.5) is 0 Å². The van der Waals surface area contributed by atoms with Gasteiger partial charge in [-0.05, 0) is 12.8 Å². The molecule has 1 fully saturated rings. The summed E-state index contributed by atoms with van der Waals surface area (Å²) in [6.07, 6.45) is 6.25. The van der Waals surface area contributed by atoms with Crippen LogP contribution in [-0.2, 0) is 6.61 Å². The molecule has 2 aromatic heterocycles. The van der Waals surface area contributed by atoms with Crippen LogP contribution >= 0.6 is 11.3 Å². The van der Waals surface area contributed by atoms with Crippen LogP contribution in [0.1, 0.15) is 48.9 Å². The van der Waals surface area contributed by atoms with E-state index in [4.69, 9.17) is 5.11 Å². The third-order valence-corrected chi connectivity index (χ3v) is 4.05. The second kappa shape index (κ2) is 4.10. The van der Waals surface area contributed by atoms with Crippen LogP contribution in [0.5, 0.6) is 0 Å². The smallest absolute Gasteiger partial charge is 0.234 e. The van der Waals surface area contributed by atoms with Crippen molar-refractivity contribution in [3.63, 3.8) is 0 Å². The number of aliphatic hydroxyl groups excluding tert-OH is 1. The lowest BCUT2D eigenvalue weighted by atomic mass is 9.89. The molecular weight excluding hydrogens is 224 g/mol. The van der Waals surface area contributed by atoms with E-state index in [0.29, 0.717) is 10.9 Å². The molecule has 0 amide bonds. The Morgan fingerprint density at radius 3 is 2.81 bits per heavy atom. The Balaban J connectivity index is 1.98. The minimum absolute atomic E-state index is 0.0157. The predicted molar refractivity (Wildman–Crippen MR) is 60.4 cm³/mol. The molecule has 0 aromatic carbocycles. The first-order valence-corrected chi connectivity index (χ1v) is 6.52. The Morgan fingerprint density at radius 2 is 2.06 bits per heavy atom. The highest BCUT2D eigenvalue weighted by molar-refractivity contribution is 7.16. The van der Waals surface area contributed by atoms with Crippen LogP contribution in [0.25, 0.3) is 4.96 Å². The highest BCUT2D eigenvalue weighted by Crippen LogP contribution is 2.32. The van der Waals surface area contributed by atoms with Crippen LogP contribution in [0.2, 0.25) is 0 Å². The number of aromatic nitrogens is 4. The molecule has 1 saturated carbocycles. The van der Waals surface area contributed by atoms with Crippen molar-refractivity contribution >= 4 is 16.3 Å². The van der Waals surface area contributed by atoms with Crippen LogP contribution in [0.3, 0.4) is 0 Å². The van der Waals surface area contributed by atoms with E-state index >= 15 is 0 Å². The summed E-state index contributed by atoms with van der Waals surface area (Å²) >= 11 is 1.41. The van der Waals surface area contributed by atoms with Gasteiger partial charge in [0.25, 0.3) is 0 Å². The van der Waals surface area contributed by atoms with Crippen LogP contribution in [0, 0.1) is 0 Å². The predicted octanol–water partition coefficient (Wildman–Crippen LogP) is 1.73. The van der Waals surface area contributed by atoms with Gasteiger partial charge < -0.3 is 5.11 Å². The molecule has 1 N–H and O–H groups in total. The SMILES string of the molecule is OCc1nn2c(C3CCCCC3)nnc2s1. The molecular formula is C10H14N4OS. The molecule has 0 bridgehead atoms. The average Bonchev–Trinajstić information content (AvgIpc) is 2.88. The third-order valence-electron chi connectivity index (χ3n) is 3.16. The number of rotatable bonds is 2. The van der Waals surface area contributed by atoms with Crippen molar-refractivity contribution in [1.82, 2.24) is 19.8 Å². The van der Waals surface area contributed by atoms with Crippen molar-refractivity contribution in [3.05, 3.63) is 10.8 Å². The van der Waals surface area contributed by atoms with E-state index in [0.717, 1.165) is 10.8 Å². The lowest BCUT2D eigenvalue weighted by molar-refractivity contribution is 0.279. The van der Waals surface area contributed by atoms with Gasteiger partial charge in [0.15, 0.2) is 5.82 Å². The molecule has 0 unspecified atom stereocenters. The molecule has 16 heavy (non-hydrogen) atoms. The van der Waals surface area contributed by atoms with Gasteiger partial charge in [0.05, 0.1) is 6.61 Å². The highest BCUT2D eigenvalue weighted by Gasteiger charge is 2.22. The van der Waals surface area contributed by atoms with Gasteiger partial charge in [-0.3, -0.25) is 0 Å². The topological polar surface area (TPSA) is 63.3 Å². The average molecular weight is 238 g/mol. The fourth-order valence-corrected chi connectivity index (χ4v) is 3.05. The van der Waals surface area contributed by atoms with Crippen molar-refractivity contribution in [2.75, 3.05) is 0 Å². The first-order chi connectivity index (χ1) is 7.88. The van der Waals surface area contributed by atoms with E-state index in [-0.39, 0.29) is 6.61 Å². The second-order valence-electron chi connectivity index (χ2n) is 4.24. The summed E-state index contributed by atoms with van der Waals surface area (Å²) in [5.74, 6) is 1.48. The molecule has 2 heterocycles. The maximum Gasteiger partial charge on any atom is 0.234 e. The van der Waals surface area contributed by atoms with Crippen LogP contribution in [-0.4, -0.2) is 24.9 Å². The number of fused-ring (bicyclic) bond motifs is 1. The van der Waals surface area contributed by atoms with E-state index in [1.807, 2.05) is 4.52 Å². The van der Waals surface area contributed by atoms with Crippen LogP contribution in [0.15, 0.2) is 0 Å². The number of hydrogen-bond acceptors (Lipinski definition) is 5. The van der Waals surface area contributed by atoms with E-state index < -0.39 is 0 Å². The first-order valence-electron chi connectivity index (χ1n) is 5.70. The maximum atomic E-state index is 9.04. The molecule has 0 spiro atoms. The zero-order valence-corrected chi connectivity index (χ0v) is 9.78. The van der Waals surface area contributed by atoms with Crippen LogP contribution < -0.4 is 0 Å². The van der Waals surface area contributed by atoms with Crippen molar-refractivity contribution in [2.45, 2.75) is 44.6 Å². The monoisotopic (exact) mass is 238 g/mol. The third kappa shape index (κ3) is 1.62. The molecule has 0 atom stereocenters. The van der Waals surface area contributed by atoms with Gasteiger partial charge in [-0.2, -0.15) is 9.61 Å². The molecule has 3 rings (SSSR count). The van der Waals surface area contributed by atoms with Crippen molar-refractivity contribution < 1.29 is 5.11 Å². The summed E-state index contributed by atoms with van der Waals surface area (Å²) < 4.78 is 1.81. The maximum absolute atomic E-state index is 9.04. The molecule has 0 radical (unpaired) electrons. The van der Waals surface area contributed by atoms with Crippen molar-refractivity contribution in [1.29, 1.82) is 0 Å². The first kappa shape index (κ1) is 10.2. The van der Waals surface area contributed by atoms with Crippen molar-refractivity contribution in [3.8, 4) is 0 Å². The highest BCUT2D eigenvalue weighted by atomic mass is 32.1. The number of nitrogens with zero attached hydrogens (tertiary/aromatic N) is 4. The summed E-state index contributed by atoms with van der Waals surface area (Å²) in [4.78, 5) is 0.796. The fourth-order valence-electron chi connectivity index (χ4n) is 2.35. The van der Waals surface area contributed by atoms with E-state index in [2.05, 4.69) is 15.3 Å². The molecule has 5 nitrogen and oxygen atoms in total. The molecule has 1 aliphatic carbocycles. The lowest BCUT2D eigenvalue weighted by Gasteiger charge is -2.18. The second-order valence-corrected chi connectivity index (χ2v) is 5.28. The lowest BCUT2D eigenvalue weighted by Crippen LogP contribution is -2.09. The normalized spacial score (nSPS) is 18.3. The van der Waals surface area contributed by atoms with E-state index in [9.17, 15) is 0 Å².